The second-order valence-electron chi connectivity index (χ2n) is 10.2. The molecule has 38 heavy (non-hydrogen) atoms. The average molecular weight is 516 g/mol. The Morgan fingerprint density at radius 1 is 1.00 bits per heavy atom. The van der Waals surface area contributed by atoms with Crippen molar-refractivity contribution in [2.75, 3.05) is 6.54 Å². The Morgan fingerprint density at radius 3 is 2.08 bits per heavy atom. The first kappa shape index (κ1) is 26.8. The molecule has 2 amide bonds. The number of amidine groups is 1. The van der Waals surface area contributed by atoms with E-state index in [0.29, 0.717) is 18.4 Å². The van der Waals surface area contributed by atoms with Gasteiger partial charge in [0.2, 0.25) is 11.8 Å². The lowest BCUT2D eigenvalue weighted by atomic mass is 9.92. The van der Waals surface area contributed by atoms with Crippen molar-refractivity contribution in [3.05, 3.63) is 82.9 Å². The summed E-state index contributed by atoms with van der Waals surface area (Å²) < 4.78 is 0. The van der Waals surface area contributed by atoms with Crippen LogP contribution in [0.4, 0.5) is 0 Å². The number of carboxylic acid groups (broad SMARTS) is 1. The first-order valence-electron chi connectivity index (χ1n) is 12.6. The maximum atomic E-state index is 13.8. The highest BCUT2D eigenvalue weighted by molar-refractivity contribution is 5.96. The molecular weight excluding hydrogens is 482 g/mol. The fourth-order valence-electron chi connectivity index (χ4n) is 4.98. The summed E-state index contributed by atoms with van der Waals surface area (Å²) >= 11 is 0. The van der Waals surface area contributed by atoms with E-state index in [2.05, 4.69) is 28.1 Å². The maximum Gasteiger partial charge on any atom is 0.317 e. The number of nitrogens with two attached hydrogens (primary N) is 1. The number of carbonyl (C=O) groups is 3. The lowest BCUT2D eigenvalue weighted by molar-refractivity contribution is -0.137. The predicted molar refractivity (Wildman–Crippen MR) is 146 cm³/mol. The fourth-order valence-corrected chi connectivity index (χ4v) is 4.98. The number of aliphatic carboxylic acids is 1. The molecular formula is C29H33N5O4. The molecule has 0 bridgehead atoms. The zero-order chi connectivity index (χ0) is 27.4. The van der Waals surface area contributed by atoms with Crippen LogP contribution in [0.5, 0.6) is 0 Å². The predicted octanol–water partition coefficient (Wildman–Crippen LogP) is 2.09. The summed E-state index contributed by atoms with van der Waals surface area (Å²) in [7, 11) is 0. The van der Waals surface area contributed by atoms with Crippen LogP contribution >= 0.6 is 0 Å². The van der Waals surface area contributed by atoms with Gasteiger partial charge in [-0.3, -0.25) is 25.1 Å². The van der Waals surface area contributed by atoms with Crippen molar-refractivity contribution in [3.8, 4) is 0 Å². The van der Waals surface area contributed by atoms with Gasteiger partial charge in [-0.1, -0.05) is 74.5 Å². The summed E-state index contributed by atoms with van der Waals surface area (Å²) in [4.78, 5) is 38.4. The van der Waals surface area contributed by atoms with Gasteiger partial charge in [0.25, 0.3) is 0 Å². The Balaban J connectivity index is 1.60. The monoisotopic (exact) mass is 515 g/mol. The summed E-state index contributed by atoms with van der Waals surface area (Å²) in [6, 6.07) is 18.3. The maximum absolute atomic E-state index is 13.8. The molecule has 0 unspecified atom stereocenters. The summed E-state index contributed by atoms with van der Waals surface area (Å²) in [5, 5.41) is 27.6. The van der Waals surface area contributed by atoms with Crippen LogP contribution in [0, 0.1) is 11.3 Å². The van der Waals surface area contributed by atoms with Crippen LogP contribution in [0.3, 0.4) is 0 Å². The lowest BCUT2D eigenvalue weighted by Crippen LogP contribution is -2.63. The van der Waals surface area contributed by atoms with Crippen molar-refractivity contribution < 1.29 is 19.5 Å². The van der Waals surface area contributed by atoms with Crippen LogP contribution in [0.25, 0.3) is 10.8 Å². The van der Waals surface area contributed by atoms with Crippen LogP contribution < -0.4 is 21.7 Å². The first-order chi connectivity index (χ1) is 18.1. The van der Waals surface area contributed by atoms with Gasteiger partial charge in [-0.2, -0.15) is 0 Å². The third-order valence-electron chi connectivity index (χ3n) is 6.99. The quantitative estimate of drug-likeness (QED) is 0.179. The number of benzene rings is 3. The van der Waals surface area contributed by atoms with E-state index < -0.39 is 23.5 Å². The van der Waals surface area contributed by atoms with E-state index in [1.807, 2.05) is 38.1 Å². The number of nitrogens with one attached hydrogen (secondary N) is 4. The van der Waals surface area contributed by atoms with Gasteiger partial charge in [-0.15, -0.1) is 0 Å². The number of carbonyl (C=O) groups excluding carboxylic acids is 2. The lowest BCUT2D eigenvalue weighted by Gasteiger charge is -2.32. The number of amides is 2. The standard InChI is InChI=1S/C29H33N5O4/c1-17(2)25(32-16-24(35)36)27(37)34-29(28(38)33-15-18-7-9-19(10-8-18)26(30)31)13-22-11-20-5-3-4-6-21(20)12-23(22)14-29/h3-12,17,25,32H,13-16H2,1-2H3,(H3,30,31)(H,33,38)(H,34,37)(H,35,36)/t25-/m1/s1. The van der Waals surface area contributed by atoms with Gasteiger partial charge in [0, 0.05) is 24.9 Å². The number of rotatable bonds is 10. The van der Waals surface area contributed by atoms with Crippen molar-refractivity contribution >= 4 is 34.4 Å². The molecule has 1 atom stereocenters. The molecule has 0 aromatic heterocycles. The number of fused-ring (bicyclic) bond motifs is 2. The van der Waals surface area contributed by atoms with E-state index in [-0.39, 0.29) is 30.8 Å². The molecule has 0 aliphatic heterocycles. The molecule has 1 aliphatic rings. The zero-order valence-corrected chi connectivity index (χ0v) is 21.5. The normalized spacial score (nSPS) is 14.6. The SMILES string of the molecule is CC(C)[C@@H](NCC(=O)O)C(=O)NC1(C(=O)NCc2ccc(C(=N)N)cc2)Cc2cc3ccccc3cc2C1. The van der Waals surface area contributed by atoms with E-state index in [1.54, 1.807) is 24.3 Å². The summed E-state index contributed by atoms with van der Waals surface area (Å²) in [5.74, 6) is -2.02. The van der Waals surface area contributed by atoms with E-state index in [4.69, 9.17) is 16.2 Å². The van der Waals surface area contributed by atoms with Gasteiger partial charge < -0.3 is 21.5 Å². The van der Waals surface area contributed by atoms with Gasteiger partial charge in [0.1, 0.15) is 11.4 Å². The molecule has 3 aromatic carbocycles. The minimum absolute atomic E-state index is 0.0328. The van der Waals surface area contributed by atoms with Crippen LogP contribution in [-0.4, -0.2) is 46.9 Å². The Kier molecular flexibility index (Phi) is 7.78. The minimum atomic E-state index is -1.23. The third-order valence-corrected chi connectivity index (χ3v) is 6.99. The molecule has 9 nitrogen and oxygen atoms in total. The topological polar surface area (TPSA) is 157 Å². The fraction of sp³-hybridized carbons (Fsp3) is 0.310. The highest BCUT2D eigenvalue weighted by atomic mass is 16.4. The van der Waals surface area contributed by atoms with Gasteiger partial charge in [-0.05, 0) is 33.4 Å². The van der Waals surface area contributed by atoms with E-state index >= 15 is 0 Å². The molecule has 1 aliphatic carbocycles. The molecule has 9 heteroatoms. The van der Waals surface area contributed by atoms with Crippen LogP contribution in [0.15, 0.2) is 60.7 Å². The summed E-state index contributed by atoms with van der Waals surface area (Å²) in [5.41, 5.74) is 7.70. The third kappa shape index (κ3) is 5.84. The summed E-state index contributed by atoms with van der Waals surface area (Å²) in [6.07, 6.45) is 0.634. The van der Waals surface area contributed by atoms with Gasteiger partial charge in [-0.25, -0.2) is 0 Å². The molecule has 3 aromatic rings. The van der Waals surface area contributed by atoms with Gasteiger partial charge in [0.05, 0.1) is 12.6 Å². The largest absolute Gasteiger partial charge is 0.480 e. The van der Waals surface area contributed by atoms with Crippen LogP contribution in [-0.2, 0) is 33.8 Å². The average Bonchev–Trinajstić information content (AvgIpc) is 3.23. The highest BCUT2D eigenvalue weighted by Gasteiger charge is 2.46. The highest BCUT2D eigenvalue weighted by Crippen LogP contribution is 2.34. The number of hydrogen-bond acceptors (Lipinski definition) is 5. The minimum Gasteiger partial charge on any atom is -0.480 e. The van der Waals surface area contributed by atoms with Crippen LogP contribution in [0.2, 0.25) is 0 Å². The summed E-state index contributed by atoms with van der Waals surface area (Å²) in [6.45, 7) is 3.52. The van der Waals surface area contributed by atoms with E-state index in [0.717, 1.165) is 27.5 Å². The molecule has 0 fully saturated rings. The molecule has 0 spiro atoms. The van der Waals surface area contributed by atoms with E-state index in [1.165, 1.54) is 0 Å². The Labute approximate surface area is 221 Å². The van der Waals surface area contributed by atoms with Crippen molar-refractivity contribution in [1.82, 2.24) is 16.0 Å². The molecule has 0 heterocycles. The molecule has 198 valence electrons. The number of carboxylic acids is 1. The van der Waals surface area contributed by atoms with Crippen LogP contribution in [0.1, 0.15) is 36.1 Å². The van der Waals surface area contributed by atoms with Crippen molar-refractivity contribution in [2.45, 2.75) is 44.8 Å². The van der Waals surface area contributed by atoms with Gasteiger partial charge >= 0.3 is 5.97 Å². The van der Waals surface area contributed by atoms with Crippen molar-refractivity contribution in [1.29, 1.82) is 5.41 Å². The van der Waals surface area contributed by atoms with Crippen molar-refractivity contribution in [3.63, 3.8) is 0 Å². The number of hydrogen-bond donors (Lipinski definition) is 6. The molecule has 0 saturated carbocycles. The Morgan fingerprint density at radius 2 is 1.58 bits per heavy atom. The zero-order valence-electron chi connectivity index (χ0n) is 21.5. The molecule has 0 radical (unpaired) electrons. The molecule has 0 saturated heterocycles. The first-order valence-corrected chi connectivity index (χ1v) is 12.6. The molecule has 4 rings (SSSR count). The molecule has 7 N–H and O–H groups in total. The smallest absolute Gasteiger partial charge is 0.317 e. The second kappa shape index (κ2) is 11.0. The Hall–Kier alpha value is -4.24. The number of nitrogen functional groups attached to an aromatic ring is 1. The van der Waals surface area contributed by atoms with Crippen molar-refractivity contribution in [2.24, 2.45) is 11.7 Å². The van der Waals surface area contributed by atoms with E-state index in [9.17, 15) is 14.4 Å². The Bertz CT molecular complexity index is 1340. The van der Waals surface area contributed by atoms with Gasteiger partial charge in [0.15, 0.2) is 0 Å². The second-order valence-corrected chi connectivity index (χ2v) is 10.2.